The molecule has 2 saturated heterocycles. The van der Waals surface area contributed by atoms with Crippen LogP contribution in [-0.2, 0) is 26.2 Å². The predicted molar refractivity (Wildman–Crippen MR) is 307 cm³/mol. The number of nitrogens with zero attached hydrogens (tertiary/aromatic N) is 7. The van der Waals surface area contributed by atoms with Gasteiger partial charge in [-0.2, -0.15) is 0 Å². The first-order valence-electron chi connectivity index (χ1n) is 29.5. The maximum atomic E-state index is 13.2. The number of allylic oxidation sites excluding steroid dienone is 1. The van der Waals surface area contributed by atoms with Crippen molar-refractivity contribution in [3.05, 3.63) is 83.8 Å². The first kappa shape index (κ1) is 57.6. The van der Waals surface area contributed by atoms with Crippen LogP contribution >= 0.6 is 0 Å². The van der Waals surface area contributed by atoms with E-state index in [1.54, 1.807) is 23.0 Å². The highest BCUT2D eigenvalue weighted by molar-refractivity contribution is 6.23. The number of fused-ring (bicyclic) bond motifs is 3. The number of anilines is 2. The number of ether oxygens (including phenoxy) is 1. The van der Waals surface area contributed by atoms with Gasteiger partial charge < -0.3 is 35.9 Å². The van der Waals surface area contributed by atoms with Gasteiger partial charge >= 0.3 is 0 Å². The number of benzene rings is 2. The van der Waals surface area contributed by atoms with Gasteiger partial charge in [-0.15, -0.1) is 0 Å². The minimum Gasteiger partial charge on any atom is -0.387 e. The van der Waals surface area contributed by atoms with Crippen molar-refractivity contribution in [1.82, 2.24) is 44.6 Å². The molecule has 18 nitrogen and oxygen atoms in total. The van der Waals surface area contributed by atoms with Gasteiger partial charge in [-0.05, 0) is 119 Å². The third-order valence-electron chi connectivity index (χ3n) is 16.8. The van der Waals surface area contributed by atoms with Crippen molar-refractivity contribution in [2.75, 3.05) is 30.3 Å². The van der Waals surface area contributed by atoms with Gasteiger partial charge in [0.1, 0.15) is 42.3 Å². The quantitative estimate of drug-likeness (QED) is 0.0193. The molecule has 5 atom stereocenters. The van der Waals surface area contributed by atoms with Crippen LogP contribution in [0.3, 0.4) is 0 Å². The maximum Gasteiger partial charge on any atom is 0.262 e. The topological polar surface area (TPSA) is 233 Å². The van der Waals surface area contributed by atoms with Crippen LogP contribution in [0.4, 0.5) is 11.5 Å². The van der Waals surface area contributed by atoms with Crippen molar-refractivity contribution < 1.29 is 34.1 Å². The number of ketones is 1. The van der Waals surface area contributed by atoms with Crippen molar-refractivity contribution in [3.8, 4) is 0 Å². The lowest BCUT2D eigenvalue weighted by Crippen LogP contribution is -2.52. The summed E-state index contributed by atoms with van der Waals surface area (Å²) in [5, 5.41) is 32.1. The normalized spacial score (nSPS) is 22.4. The fourth-order valence-electron chi connectivity index (χ4n) is 12.0. The van der Waals surface area contributed by atoms with E-state index in [0.717, 1.165) is 117 Å². The van der Waals surface area contributed by atoms with Crippen LogP contribution in [0.1, 0.15) is 195 Å². The monoisotopic (exact) mass is 1080 g/mol. The number of amides is 3. The third-order valence-corrected chi connectivity index (χ3v) is 16.8. The van der Waals surface area contributed by atoms with E-state index in [9.17, 15) is 29.4 Å². The lowest BCUT2D eigenvalue weighted by molar-refractivity contribution is -0.125. The Balaban J connectivity index is 0.600. The molecule has 0 radical (unpaired) electrons. The number of imide groups is 1. The molecule has 3 fully saturated rings. The Labute approximate surface area is 465 Å². The van der Waals surface area contributed by atoms with Crippen LogP contribution in [0.15, 0.2) is 61.3 Å². The van der Waals surface area contributed by atoms with Gasteiger partial charge in [0.25, 0.3) is 11.8 Å². The van der Waals surface area contributed by atoms with Gasteiger partial charge in [-0.1, -0.05) is 84.8 Å². The van der Waals surface area contributed by atoms with Crippen molar-refractivity contribution in [3.63, 3.8) is 0 Å². The van der Waals surface area contributed by atoms with Crippen LogP contribution in [-0.4, -0.2) is 129 Å². The summed E-state index contributed by atoms with van der Waals surface area (Å²) in [7, 11) is 0. The number of aromatic nitrogens is 6. The number of aromatic amines is 1. The fraction of sp³-hybridized carbons (Fsp3) is 0.607. The molecule has 426 valence electrons. The number of piperidine rings is 1. The SMILES string of the molecule is C=C1CCC(N2C(=O)c3ccc(NCCCCCCCCCCCC(=O)CCCCCNc4ncnc5c4ncn5[C@@H]4O[C@H](CN(C(C)C)C5CC(CCc6nc7ccc(C(C)(C)C)cc7[nH]6)C5)C(O)[C@@H]4O)cc3C2=O)C(=O)N1. The molecule has 5 aromatic rings. The van der Waals surface area contributed by atoms with Crippen molar-refractivity contribution in [2.24, 2.45) is 5.92 Å². The highest BCUT2D eigenvalue weighted by Gasteiger charge is 2.47. The van der Waals surface area contributed by atoms with E-state index in [0.29, 0.717) is 90.3 Å². The molecule has 0 bridgehead atoms. The number of imidazole rings is 2. The standard InChI is InChI=1S/C61H85N11O7/c1-38(2)70(43-31-40(32-43)22-28-51-68-47-26-23-41(61(4,5)6)33-48(47)69-51)35-50-53(74)54(75)60(79-50)71-37-66-52-55(64-36-65-56(52)71)63-30-18-14-16-20-44(73)19-15-12-10-8-7-9-11-13-17-29-62-42-24-25-45-46(34-42)59(78)72(58(45)77)49-27-21-39(3)67-57(49)76/h23-26,33-34,36-38,40,43,49-50,53-54,60,62,74-75H,3,7-22,27-32,35H2,1-2,4-6H3,(H,67,76)(H,68,69)(H,63,64,65)/t40?,43?,49?,50-,53?,54+,60-/m1/s1. The van der Waals surface area contributed by atoms with Gasteiger partial charge in [0.05, 0.1) is 28.5 Å². The van der Waals surface area contributed by atoms with E-state index in [4.69, 9.17) is 9.72 Å². The molecule has 9 rings (SSSR count). The molecule has 6 heterocycles. The summed E-state index contributed by atoms with van der Waals surface area (Å²) in [6, 6.07) is 11.6. The number of Topliss-reactive ketones (excluding diaryl/α,β-unsaturated/α-hetero) is 1. The van der Waals surface area contributed by atoms with E-state index in [1.165, 1.54) is 31.2 Å². The zero-order valence-electron chi connectivity index (χ0n) is 47.3. The summed E-state index contributed by atoms with van der Waals surface area (Å²) in [4.78, 5) is 76.9. The van der Waals surface area contributed by atoms with E-state index in [2.05, 4.69) is 100 Å². The molecule has 79 heavy (non-hydrogen) atoms. The van der Waals surface area contributed by atoms with E-state index < -0.39 is 42.4 Å². The third kappa shape index (κ3) is 13.9. The second-order valence-electron chi connectivity index (χ2n) is 24.1. The Morgan fingerprint density at radius 2 is 1.53 bits per heavy atom. The minimum absolute atomic E-state index is 0.0864. The molecule has 18 heteroatoms. The molecule has 4 aliphatic rings. The number of hydrogen-bond donors (Lipinski definition) is 6. The smallest absolute Gasteiger partial charge is 0.262 e. The Hall–Kier alpha value is -6.08. The van der Waals surface area contributed by atoms with E-state index >= 15 is 0 Å². The summed E-state index contributed by atoms with van der Waals surface area (Å²) < 4.78 is 8.16. The first-order valence-corrected chi connectivity index (χ1v) is 29.5. The number of unbranched alkanes of at least 4 members (excludes halogenated alkanes) is 10. The van der Waals surface area contributed by atoms with E-state index in [1.807, 2.05) is 6.07 Å². The second-order valence-corrected chi connectivity index (χ2v) is 24.1. The minimum atomic E-state index is -1.15. The summed E-state index contributed by atoms with van der Waals surface area (Å²) in [5.74, 6) is 1.37. The average Bonchev–Trinajstić information content (AvgIpc) is 4.38. The Morgan fingerprint density at radius 1 is 0.848 bits per heavy atom. The van der Waals surface area contributed by atoms with Crippen LogP contribution in [0.2, 0.25) is 0 Å². The Morgan fingerprint density at radius 3 is 2.24 bits per heavy atom. The van der Waals surface area contributed by atoms with Gasteiger partial charge in [0.15, 0.2) is 23.2 Å². The fourth-order valence-corrected chi connectivity index (χ4v) is 12.0. The molecule has 2 aromatic carbocycles. The lowest BCUT2D eigenvalue weighted by atomic mass is 9.76. The number of H-pyrrole nitrogens is 1. The number of aliphatic hydroxyl groups is 2. The molecule has 2 unspecified atom stereocenters. The van der Waals surface area contributed by atoms with Gasteiger partial charge in [0.2, 0.25) is 5.91 Å². The maximum absolute atomic E-state index is 13.2. The van der Waals surface area contributed by atoms with Crippen LogP contribution in [0, 0.1) is 5.92 Å². The van der Waals surface area contributed by atoms with Crippen LogP contribution in [0.25, 0.3) is 22.2 Å². The molecule has 0 spiro atoms. The Bertz CT molecular complexity index is 2940. The zero-order chi connectivity index (χ0) is 55.8. The summed E-state index contributed by atoms with van der Waals surface area (Å²) in [6.07, 6.45) is 18.4. The highest BCUT2D eigenvalue weighted by atomic mass is 16.6. The Kier molecular flexibility index (Phi) is 19.0. The number of carbonyl (C=O) groups excluding carboxylic acids is 4. The number of carbonyl (C=O) groups is 4. The summed E-state index contributed by atoms with van der Waals surface area (Å²) in [5.41, 5.74) is 6.67. The highest BCUT2D eigenvalue weighted by Crippen LogP contribution is 2.39. The number of aryl methyl sites for hydroxylation is 1. The predicted octanol–water partition coefficient (Wildman–Crippen LogP) is 9.68. The number of hydrogen-bond acceptors (Lipinski definition) is 14. The zero-order valence-corrected chi connectivity index (χ0v) is 47.3. The number of nitrogens with one attached hydrogen (secondary N) is 4. The second kappa shape index (κ2) is 26.0. The van der Waals surface area contributed by atoms with Gasteiger partial charge in [-0.3, -0.25) is 33.5 Å². The molecule has 3 aliphatic heterocycles. The van der Waals surface area contributed by atoms with Crippen molar-refractivity contribution in [1.29, 1.82) is 0 Å². The number of aliphatic hydroxyl groups excluding tert-OH is 2. The van der Waals surface area contributed by atoms with Crippen LogP contribution in [0.5, 0.6) is 0 Å². The molecular formula is C61H85N11O7. The summed E-state index contributed by atoms with van der Waals surface area (Å²) >= 11 is 0. The van der Waals surface area contributed by atoms with Gasteiger partial charge in [0, 0.05) is 62.4 Å². The molecule has 6 N–H and O–H groups in total. The molecule has 3 amide bonds. The largest absolute Gasteiger partial charge is 0.387 e. The van der Waals surface area contributed by atoms with E-state index in [-0.39, 0.29) is 17.4 Å². The lowest BCUT2D eigenvalue weighted by Gasteiger charge is -2.46. The molecule has 3 aromatic heterocycles. The molecule has 1 saturated carbocycles. The first-order chi connectivity index (χ1) is 38.0. The summed E-state index contributed by atoms with van der Waals surface area (Å²) in [6.45, 7) is 16.8. The average molecular weight is 1080 g/mol. The number of rotatable bonds is 29. The van der Waals surface area contributed by atoms with Crippen LogP contribution < -0.4 is 16.0 Å². The molecule has 1 aliphatic carbocycles. The van der Waals surface area contributed by atoms with Crippen molar-refractivity contribution in [2.45, 2.75) is 211 Å². The van der Waals surface area contributed by atoms with Gasteiger partial charge in [-0.25, -0.2) is 19.9 Å². The molecular weight excluding hydrogens is 999 g/mol. The van der Waals surface area contributed by atoms with Crippen molar-refractivity contribution >= 4 is 57.2 Å².